The fourth-order valence-electron chi connectivity index (χ4n) is 2.00. The van der Waals surface area contributed by atoms with Crippen LogP contribution in [0.4, 0.5) is 0 Å². The average Bonchev–Trinajstić information content (AvgIpc) is 2.76. The van der Waals surface area contributed by atoms with Gasteiger partial charge in [0.05, 0.1) is 29.8 Å². The number of rotatable bonds is 4. The molecular formula is C14H17NO3S. The van der Waals surface area contributed by atoms with E-state index >= 15 is 0 Å². The summed E-state index contributed by atoms with van der Waals surface area (Å²) < 4.78 is 10.5. The lowest BCUT2D eigenvalue weighted by Gasteiger charge is -2.15. The summed E-state index contributed by atoms with van der Waals surface area (Å²) in [7, 11) is 3.18. The number of thiazole rings is 1. The van der Waals surface area contributed by atoms with Crippen molar-refractivity contribution in [3.05, 3.63) is 39.3 Å². The highest BCUT2D eigenvalue weighted by molar-refractivity contribution is 7.11. The minimum atomic E-state index is -0.753. The molecule has 0 aliphatic heterocycles. The Balaban J connectivity index is 2.47. The maximum atomic E-state index is 10.6. The first kappa shape index (κ1) is 13.8. The summed E-state index contributed by atoms with van der Waals surface area (Å²) in [6.07, 6.45) is -0.753. The second kappa shape index (κ2) is 5.59. The first-order chi connectivity index (χ1) is 9.06. The molecule has 1 heterocycles. The zero-order valence-corrected chi connectivity index (χ0v) is 12.2. The van der Waals surface area contributed by atoms with Gasteiger partial charge in [-0.15, -0.1) is 11.3 Å². The Morgan fingerprint density at radius 3 is 2.47 bits per heavy atom. The normalized spacial score (nSPS) is 12.3. The lowest BCUT2D eigenvalue weighted by molar-refractivity contribution is 0.217. The Hall–Kier alpha value is -1.59. The van der Waals surface area contributed by atoms with Gasteiger partial charge in [-0.2, -0.15) is 0 Å². The third-order valence-electron chi connectivity index (χ3n) is 2.92. The molecule has 5 heteroatoms. The highest BCUT2D eigenvalue weighted by Gasteiger charge is 2.21. The van der Waals surface area contributed by atoms with E-state index in [0.717, 1.165) is 15.6 Å². The molecule has 102 valence electrons. The van der Waals surface area contributed by atoms with Crippen molar-refractivity contribution in [3.8, 4) is 11.5 Å². The van der Waals surface area contributed by atoms with Crippen LogP contribution in [0, 0.1) is 13.8 Å². The Bertz CT molecular complexity index is 580. The van der Waals surface area contributed by atoms with E-state index < -0.39 is 6.10 Å². The van der Waals surface area contributed by atoms with Crippen molar-refractivity contribution in [1.29, 1.82) is 0 Å². The molecule has 1 unspecified atom stereocenters. The third-order valence-corrected chi connectivity index (χ3v) is 4.04. The number of ether oxygens (including phenoxy) is 2. The Morgan fingerprint density at radius 2 is 1.95 bits per heavy atom. The van der Waals surface area contributed by atoms with Crippen LogP contribution >= 0.6 is 11.3 Å². The molecule has 2 rings (SSSR count). The molecule has 0 amide bonds. The number of methoxy groups -OCH3 is 2. The van der Waals surface area contributed by atoms with Gasteiger partial charge in [0.15, 0.2) is 0 Å². The maximum absolute atomic E-state index is 10.6. The van der Waals surface area contributed by atoms with Crippen molar-refractivity contribution in [2.45, 2.75) is 20.0 Å². The van der Waals surface area contributed by atoms with Crippen molar-refractivity contribution in [2.24, 2.45) is 0 Å². The molecule has 0 aliphatic rings. The fourth-order valence-corrected chi connectivity index (χ4v) is 2.93. The molecule has 0 fully saturated rings. The van der Waals surface area contributed by atoms with E-state index in [1.807, 2.05) is 13.8 Å². The van der Waals surface area contributed by atoms with Crippen molar-refractivity contribution in [3.63, 3.8) is 0 Å². The number of aliphatic hydroxyl groups is 1. The highest BCUT2D eigenvalue weighted by Crippen LogP contribution is 2.36. The summed E-state index contributed by atoms with van der Waals surface area (Å²) in [5.74, 6) is 1.33. The SMILES string of the molecule is COc1ccc(OC)c(C(O)c2sc(C)nc2C)c1. The van der Waals surface area contributed by atoms with Crippen LogP contribution in [0.5, 0.6) is 11.5 Å². The van der Waals surface area contributed by atoms with Crippen LogP contribution in [0.1, 0.15) is 27.2 Å². The number of nitrogens with zero attached hydrogens (tertiary/aromatic N) is 1. The fraction of sp³-hybridized carbons (Fsp3) is 0.357. The predicted octanol–water partition coefficient (Wildman–Crippen LogP) is 2.86. The van der Waals surface area contributed by atoms with Gasteiger partial charge in [0, 0.05) is 5.56 Å². The second-order valence-corrected chi connectivity index (χ2v) is 5.43. The largest absolute Gasteiger partial charge is 0.497 e. The molecule has 0 radical (unpaired) electrons. The minimum Gasteiger partial charge on any atom is -0.497 e. The van der Waals surface area contributed by atoms with Gasteiger partial charge >= 0.3 is 0 Å². The summed E-state index contributed by atoms with van der Waals surface area (Å²) in [5, 5.41) is 11.5. The number of aryl methyl sites for hydroxylation is 2. The van der Waals surface area contributed by atoms with E-state index in [0.29, 0.717) is 17.1 Å². The second-order valence-electron chi connectivity index (χ2n) is 4.19. The molecule has 4 nitrogen and oxygen atoms in total. The van der Waals surface area contributed by atoms with Gasteiger partial charge in [0.25, 0.3) is 0 Å². The molecule has 0 aliphatic carbocycles. The summed E-state index contributed by atoms with van der Waals surface area (Å²) in [5.41, 5.74) is 1.54. The van der Waals surface area contributed by atoms with Crippen LogP contribution in [0.15, 0.2) is 18.2 Å². The van der Waals surface area contributed by atoms with Crippen LogP contribution < -0.4 is 9.47 Å². The van der Waals surface area contributed by atoms with Crippen molar-refractivity contribution in [2.75, 3.05) is 14.2 Å². The lowest BCUT2D eigenvalue weighted by atomic mass is 10.1. The van der Waals surface area contributed by atoms with Crippen LogP contribution in [-0.2, 0) is 0 Å². The van der Waals surface area contributed by atoms with E-state index in [1.165, 1.54) is 11.3 Å². The van der Waals surface area contributed by atoms with Crippen molar-refractivity contribution < 1.29 is 14.6 Å². The van der Waals surface area contributed by atoms with Gasteiger partial charge in [-0.3, -0.25) is 0 Å². The van der Waals surface area contributed by atoms with E-state index in [9.17, 15) is 5.11 Å². The summed E-state index contributed by atoms with van der Waals surface area (Å²) in [6.45, 7) is 3.82. The number of aliphatic hydroxyl groups excluding tert-OH is 1. The van der Waals surface area contributed by atoms with E-state index in [4.69, 9.17) is 9.47 Å². The molecule has 0 bridgehead atoms. The van der Waals surface area contributed by atoms with Gasteiger partial charge < -0.3 is 14.6 Å². The van der Waals surface area contributed by atoms with Gasteiger partial charge in [0.2, 0.25) is 0 Å². The van der Waals surface area contributed by atoms with Gasteiger partial charge in [-0.25, -0.2) is 4.98 Å². The van der Waals surface area contributed by atoms with E-state index in [-0.39, 0.29) is 0 Å². The predicted molar refractivity (Wildman–Crippen MR) is 75.2 cm³/mol. The monoisotopic (exact) mass is 279 g/mol. The molecule has 1 N–H and O–H groups in total. The summed E-state index contributed by atoms with van der Waals surface area (Å²) >= 11 is 1.49. The number of hydrogen-bond acceptors (Lipinski definition) is 5. The Morgan fingerprint density at radius 1 is 1.21 bits per heavy atom. The van der Waals surface area contributed by atoms with E-state index in [2.05, 4.69) is 4.98 Å². The molecule has 1 aromatic carbocycles. The molecule has 1 atom stereocenters. The van der Waals surface area contributed by atoms with Gasteiger partial charge in [-0.1, -0.05) is 0 Å². The molecular weight excluding hydrogens is 262 g/mol. The lowest BCUT2D eigenvalue weighted by Crippen LogP contribution is -2.02. The quantitative estimate of drug-likeness (QED) is 0.935. The Kier molecular flexibility index (Phi) is 4.07. The molecule has 1 aromatic heterocycles. The number of hydrogen-bond donors (Lipinski definition) is 1. The highest BCUT2D eigenvalue weighted by atomic mass is 32.1. The zero-order chi connectivity index (χ0) is 14.0. The Labute approximate surface area is 116 Å². The first-order valence-corrected chi connectivity index (χ1v) is 6.72. The van der Waals surface area contributed by atoms with Crippen molar-refractivity contribution in [1.82, 2.24) is 4.98 Å². The summed E-state index contributed by atoms with van der Waals surface area (Å²) in [4.78, 5) is 5.18. The average molecular weight is 279 g/mol. The zero-order valence-electron chi connectivity index (χ0n) is 11.4. The standard InChI is InChI=1S/C14H17NO3S/c1-8-14(19-9(2)15-8)13(16)11-7-10(17-3)5-6-12(11)18-4/h5-7,13,16H,1-4H3. The first-order valence-electron chi connectivity index (χ1n) is 5.90. The van der Waals surface area contributed by atoms with Gasteiger partial charge in [0.1, 0.15) is 17.6 Å². The van der Waals surface area contributed by atoms with Crippen molar-refractivity contribution >= 4 is 11.3 Å². The third kappa shape index (κ3) is 2.72. The molecule has 2 aromatic rings. The summed E-state index contributed by atoms with van der Waals surface area (Å²) in [6, 6.07) is 5.39. The molecule has 0 spiro atoms. The van der Waals surface area contributed by atoms with Crippen LogP contribution in [0.25, 0.3) is 0 Å². The topological polar surface area (TPSA) is 51.6 Å². The number of benzene rings is 1. The van der Waals surface area contributed by atoms with Crippen LogP contribution in [-0.4, -0.2) is 24.3 Å². The smallest absolute Gasteiger partial charge is 0.125 e. The molecule has 0 saturated heterocycles. The van der Waals surface area contributed by atoms with Crippen LogP contribution in [0.3, 0.4) is 0 Å². The van der Waals surface area contributed by atoms with E-state index in [1.54, 1.807) is 32.4 Å². The molecule has 0 saturated carbocycles. The molecule has 19 heavy (non-hydrogen) atoms. The maximum Gasteiger partial charge on any atom is 0.125 e. The number of aromatic nitrogens is 1. The van der Waals surface area contributed by atoms with Crippen LogP contribution in [0.2, 0.25) is 0 Å². The van der Waals surface area contributed by atoms with Gasteiger partial charge in [-0.05, 0) is 32.0 Å². The minimum absolute atomic E-state index is 0.638.